The number of ether oxygens (including phenoxy) is 2. The highest BCUT2D eigenvalue weighted by molar-refractivity contribution is 6.08. The Morgan fingerprint density at radius 3 is 2.58 bits per heavy atom. The lowest BCUT2D eigenvalue weighted by molar-refractivity contribution is 0.0525. The number of rotatable bonds is 8. The van der Waals surface area contributed by atoms with Crippen molar-refractivity contribution in [3.05, 3.63) is 24.0 Å². The van der Waals surface area contributed by atoms with Crippen molar-refractivity contribution in [1.82, 2.24) is 19.9 Å². The molecule has 0 spiro atoms. The highest BCUT2D eigenvalue weighted by Crippen LogP contribution is 2.36. The molecule has 33 heavy (non-hydrogen) atoms. The first-order valence-electron chi connectivity index (χ1n) is 11.6. The van der Waals surface area contributed by atoms with E-state index in [1.54, 1.807) is 0 Å². The van der Waals surface area contributed by atoms with E-state index in [0.29, 0.717) is 31.3 Å². The lowest BCUT2D eigenvalue weighted by Crippen LogP contribution is -2.33. The minimum Gasteiger partial charge on any atom is -0.493 e. The quantitative estimate of drug-likeness (QED) is 0.450. The molecule has 3 N–H and O–H groups in total. The molecule has 8 heteroatoms. The summed E-state index contributed by atoms with van der Waals surface area (Å²) in [7, 11) is 0. The summed E-state index contributed by atoms with van der Waals surface area (Å²) in [6.45, 7) is 16.0. The molecule has 1 aromatic carbocycles. The van der Waals surface area contributed by atoms with Crippen LogP contribution in [0.1, 0.15) is 66.4 Å². The van der Waals surface area contributed by atoms with Crippen LogP contribution in [0, 0.1) is 5.92 Å². The van der Waals surface area contributed by atoms with Gasteiger partial charge in [0.25, 0.3) is 0 Å². The summed E-state index contributed by atoms with van der Waals surface area (Å²) in [6.07, 6.45) is 2.09. The van der Waals surface area contributed by atoms with E-state index in [9.17, 15) is 4.79 Å². The number of aromatic nitrogens is 3. The number of nitrogens with one attached hydrogen (secondary N) is 1. The van der Waals surface area contributed by atoms with Crippen LogP contribution in [0.5, 0.6) is 5.75 Å². The zero-order valence-corrected chi connectivity index (χ0v) is 20.9. The maximum atomic E-state index is 11.8. The van der Waals surface area contributed by atoms with Crippen molar-refractivity contribution < 1.29 is 14.3 Å². The molecule has 180 valence electrons. The lowest BCUT2D eigenvalue weighted by Gasteiger charge is -2.19. The van der Waals surface area contributed by atoms with Crippen molar-refractivity contribution in [2.24, 2.45) is 5.92 Å². The molecule has 0 unspecified atom stereocenters. The molecule has 0 bridgehead atoms. The Labute approximate surface area is 195 Å². The number of pyridine rings is 1. The molecular formula is C25H37N5O3. The molecule has 0 atom stereocenters. The summed E-state index contributed by atoms with van der Waals surface area (Å²) in [5.41, 5.74) is 9.49. The maximum Gasteiger partial charge on any atom is 0.407 e. The van der Waals surface area contributed by atoms with Crippen LogP contribution in [0.2, 0.25) is 0 Å². The molecule has 0 aliphatic carbocycles. The van der Waals surface area contributed by atoms with E-state index >= 15 is 0 Å². The van der Waals surface area contributed by atoms with Crippen LogP contribution < -0.4 is 15.8 Å². The number of hydrogen-bond donors (Lipinski definition) is 2. The van der Waals surface area contributed by atoms with Gasteiger partial charge in [0.1, 0.15) is 16.9 Å². The average Bonchev–Trinajstić information content (AvgIpc) is 3.09. The van der Waals surface area contributed by atoms with Gasteiger partial charge < -0.3 is 25.1 Å². The van der Waals surface area contributed by atoms with Crippen molar-refractivity contribution in [1.29, 1.82) is 0 Å². The number of nitrogens with zero attached hydrogens (tertiary/aromatic N) is 3. The summed E-state index contributed by atoms with van der Waals surface area (Å²) in [4.78, 5) is 21.0. The van der Waals surface area contributed by atoms with E-state index in [4.69, 9.17) is 15.2 Å². The smallest absolute Gasteiger partial charge is 0.407 e. The van der Waals surface area contributed by atoms with Crippen molar-refractivity contribution in [2.75, 3.05) is 18.9 Å². The van der Waals surface area contributed by atoms with E-state index < -0.39 is 11.7 Å². The molecule has 0 saturated carbocycles. The topological polar surface area (TPSA) is 104 Å². The second kappa shape index (κ2) is 9.85. The van der Waals surface area contributed by atoms with E-state index in [1.807, 2.05) is 33.2 Å². The standard InChI is InChI=1S/C25H37N5O3/c1-15(2)13-30-14-28-21-22(30)20-18(16(3)4)11-17(12-19(20)29-23(21)26)32-10-8-9-27-24(31)33-25(5,6)7/h11-12,14-16H,8-10,13H2,1-7H3,(H2,26,29)(H,27,31). The number of anilines is 1. The van der Waals surface area contributed by atoms with Gasteiger partial charge in [-0.15, -0.1) is 0 Å². The number of nitrogens with two attached hydrogens (primary N) is 1. The Balaban J connectivity index is 1.82. The minimum absolute atomic E-state index is 0.265. The number of nitrogen functional groups attached to an aromatic ring is 1. The van der Waals surface area contributed by atoms with Gasteiger partial charge in [-0.1, -0.05) is 27.7 Å². The molecule has 8 nitrogen and oxygen atoms in total. The van der Waals surface area contributed by atoms with Crippen molar-refractivity contribution in [3.8, 4) is 5.75 Å². The molecule has 0 aliphatic heterocycles. The molecule has 2 heterocycles. The molecular weight excluding hydrogens is 418 g/mol. The summed E-state index contributed by atoms with van der Waals surface area (Å²) >= 11 is 0. The molecule has 2 aromatic heterocycles. The molecule has 0 fully saturated rings. The highest BCUT2D eigenvalue weighted by atomic mass is 16.6. The SMILES string of the molecule is CC(C)Cn1cnc2c(N)nc3cc(OCCCNC(=O)OC(C)(C)C)cc(C(C)C)c3c21. The molecule has 1 amide bonds. The third-order valence-electron chi connectivity index (χ3n) is 5.12. The van der Waals surface area contributed by atoms with Crippen LogP contribution in [0.25, 0.3) is 21.9 Å². The van der Waals surface area contributed by atoms with Gasteiger partial charge in [0.2, 0.25) is 0 Å². The Kier molecular flexibility index (Phi) is 7.34. The number of imidazole rings is 1. The first-order chi connectivity index (χ1) is 15.5. The summed E-state index contributed by atoms with van der Waals surface area (Å²) in [5, 5.41) is 3.83. The van der Waals surface area contributed by atoms with Gasteiger partial charge in [0.15, 0.2) is 5.82 Å². The second-order valence-corrected chi connectivity index (χ2v) is 10.2. The van der Waals surface area contributed by atoms with E-state index in [2.05, 4.69) is 53.6 Å². The van der Waals surface area contributed by atoms with Crippen LogP contribution in [-0.4, -0.2) is 39.4 Å². The van der Waals surface area contributed by atoms with Crippen LogP contribution in [0.15, 0.2) is 18.5 Å². The number of carbonyl (C=O) groups excluding carboxylic acids is 1. The molecule has 0 saturated heterocycles. The average molecular weight is 456 g/mol. The fourth-order valence-electron chi connectivity index (χ4n) is 3.82. The number of amides is 1. The van der Waals surface area contributed by atoms with E-state index in [-0.39, 0.29) is 5.92 Å². The second-order valence-electron chi connectivity index (χ2n) is 10.2. The van der Waals surface area contributed by atoms with Gasteiger partial charge in [-0.2, -0.15) is 0 Å². The summed E-state index contributed by atoms with van der Waals surface area (Å²) in [5.74, 6) is 1.91. The predicted octanol–water partition coefficient (Wildman–Crippen LogP) is 5.24. The zero-order valence-electron chi connectivity index (χ0n) is 20.9. The molecule has 0 aliphatic rings. The number of benzene rings is 1. The Bertz CT molecular complexity index is 1130. The third kappa shape index (κ3) is 6.06. The number of hydrogen-bond acceptors (Lipinski definition) is 6. The van der Waals surface area contributed by atoms with E-state index in [0.717, 1.165) is 39.8 Å². The van der Waals surface area contributed by atoms with Gasteiger partial charge in [0.05, 0.1) is 24.0 Å². The fourth-order valence-corrected chi connectivity index (χ4v) is 3.82. The summed E-state index contributed by atoms with van der Waals surface area (Å²) in [6, 6.07) is 4.02. The van der Waals surface area contributed by atoms with Gasteiger partial charge in [-0.05, 0) is 50.7 Å². The van der Waals surface area contributed by atoms with Gasteiger partial charge in [-0.3, -0.25) is 0 Å². The van der Waals surface area contributed by atoms with Crippen molar-refractivity contribution in [2.45, 2.75) is 73.0 Å². The minimum atomic E-state index is -0.510. The van der Waals surface area contributed by atoms with Crippen LogP contribution in [0.4, 0.5) is 10.6 Å². The molecule has 0 radical (unpaired) electrons. The predicted molar refractivity (Wildman–Crippen MR) is 133 cm³/mol. The highest BCUT2D eigenvalue weighted by Gasteiger charge is 2.19. The maximum absolute atomic E-state index is 11.8. The molecule has 3 aromatic rings. The largest absolute Gasteiger partial charge is 0.493 e. The van der Waals surface area contributed by atoms with Crippen molar-refractivity contribution >= 4 is 33.8 Å². The monoisotopic (exact) mass is 455 g/mol. The number of fused-ring (bicyclic) bond motifs is 3. The number of alkyl carbamates (subject to hydrolysis) is 1. The van der Waals surface area contributed by atoms with Crippen LogP contribution in [-0.2, 0) is 11.3 Å². The Morgan fingerprint density at radius 1 is 1.21 bits per heavy atom. The fraction of sp³-hybridized carbons (Fsp3) is 0.560. The van der Waals surface area contributed by atoms with E-state index in [1.165, 1.54) is 0 Å². The Morgan fingerprint density at radius 2 is 1.94 bits per heavy atom. The first-order valence-corrected chi connectivity index (χ1v) is 11.6. The lowest BCUT2D eigenvalue weighted by atomic mass is 9.96. The van der Waals surface area contributed by atoms with Gasteiger partial charge in [-0.25, -0.2) is 14.8 Å². The van der Waals surface area contributed by atoms with Crippen molar-refractivity contribution in [3.63, 3.8) is 0 Å². The third-order valence-corrected chi connectivity index (χ3v) is 5.12. The zero-order chi connectivity index (χ0) is 24.3. The van der Waals surface area contributed by atoms with Crippen LogP contribution in [0.3, 0.4) is 0 Å². The molecule has 3 rings (SSSR count). The first kappa shape index (κ1) is 24.6. The number of carbonyl (C=O) groups is 1. The Hall–Kier alpha value is -3.03. The van der Waals surface area contributed by atoms with Crippen LogP contribution >= 0.6 is 0 Å². The van der Waals surface area contributed by atoms with Gasteiger partial charge >= 0.3 is 6.09 Å². The van der Waals surface area contributed by atoms with Gasteiger partial charge in [0, 0.05) is 24.5 Å². The summed E-state index contributed by atoms with van der Waals surface area (Å²) < 4.78 is 13.4. The normalized spacial score (nSPS) is 12.2.